The van der Waals surface area contributed by atoms with Crippen molar-refractivity contribution in [2.24, 2.45) is 0 Å². The average molecular weight is 270 g/mol. The van der Waals surface area contributed by atoms with Crippen molar-refractivity contribution < 1.29 is 5.11 Å². The van der Waals surface area contributed by atoms with Crippen molar-refractivity contribution in [3.63, 3.8) is 0 Å². The van der Waals surface area contributed by atoms with E-state index in [9.17, 15) is 0 Å². The molecule has 5 heteroatoms. The first-order valence-electron chi connectivity index (χ1n) is 6.53. The molecule has 5 nitrogen and oxygen atoms in total. The third-order valence-electron chi connectivity index (χ3n) is 3.25. The van der Waals surface area contributed by atoms with E-state index in [4.69, 9.17) is 10.4 Å². The Bertz CT molecular complexity index is 640. The van der Waals surface area contributed by atoms with Gasteiger partial charge < -0.3 is 10.4 Å². The number of aryl methyl sites for hydroxylation is 1. The predicted molar refractivity (Wildman–Crippen MR) is 77.3 cm³/mol. The molecule has 1 heterocycles. The molecule has 0 fully saturated rings. The summed E-state index contributed by atoms with van der Waals surface area (Å²) >= 11 is 0. The number of aliphatic hydroxyl groups excluding tert-OH is 1. The summed E-state index contributed by atoms with van der Waals surface area (Å²) in [6.07, 6.45) is 0. The number of rotatable bonds is 5. The summed E-state index contributed by atoms with van der Waals surface area (Å²) in [5.41, 5.74) is 3.72. The minimum absolute atomic E-state index is 0.0547. The maximum absolute atomic E-state index is 9.07. The van der Waals surface area contributed by atoms with E-state index in [0.29, 0.717) is 18.7 Å². The number of nitrogens with one attached hydrogen (secondary N) is 1. The Morgan fingerprint density at radius 3 is 2.90 bits per heavy atom. The van der Waals surface area contributed by atoms with Gasteiger partial charge in [-0.15, -0.1) is 0 Å². The van der Waals surface area contributed by atoms with Crippen LogP contribution in [0.15, 0.2) is 24.3 Å². The van der Waals surface area contributed by atoms with Crippen molar-refractivity contribution in [1.82, 2.24) is 9.78 Å². The molecule has 0 saturated carbocycles. The average Bonchev–Trinajstić information content (AvgIpc) is 2.72. The van der Waals surface area contributed by atoms with Crippen molar-refractivity contribution in [1.29, 1.82) is 5.26 Å². The van der Waals surface area contributed by atoms with E-state index < -0.39 is 0 Å². The summed E-state index contributed by atoms with van der Waals surface area (Å²) in [7, 11) is 0. The Hall–Kier alpha value is -2.32. The molecular weight excluding hydrogens is 252 g/mol. The van der Waals surface area contributed by atoms with Crippen LogP contribution < -0.4 is 5.32 Å². The zero-order valence-electron chi connectivity index (χ0n) is 11.7. The largest absolute Gasteiger partial charge is 0.394 e. The molecular formula is C15H18N4O. The maximum Gasteiger partial charge on any atom is 0.127 e. The van der Waals surface area contributed by atoms with E-state index in [-0.39, 0.29) is 6.61 Å². The molecule has 0 aliphatic heterocycles. The van der Waals surface area contributed by atoms with Crippen molar-refractivity contribution in [3.05, 3.63) is 46.6 Å². The lowest BCUT2D eigenvalue weighted by molar-refractivity contribution is 0.270. The van der Waals surface area contributed by atoms with Crippen LogP contribution in [0.3, 0.4) is 0 Å². The van der Waals surface area contributed by atoms with Crippen LogP contribution in [-0.2, 0) is 13.1 Å². The van der Waals surface area contributed by atoms with Gasteiger partial charge in [-0.1, -0.05) is 12.1 Å². The molecule has 2 N–H and O–H groups in total. The molecule has 0 unspecified atom stereocenters. The Labute approximate surface area is 118 Å². The molecule has 20 heavy (non-hydrogen) atoms. The molecule has 0 radical (unpaired) electrons. The highest BCUT2D eigenvalue weighted by Gasteiger charge is 2.10. The summed E-state index contributed by atoms with van der Waals surface area (Å²) < 4.78 is 1.78. The predicted octanol–water partition coefficient (Wildman–Crippen LogP) is 1.98. The Balaban J connectivity index is 2.16. The number of hydrogen-bond donors (Lipinski definition) is 2. The van der Waals surface area contributed by atoms with Crippen LogP contribution in [0.25, 0.3) is 0 Å². The number of aliphatic hydroxyl groups is 1. The lowest BCUT2D eigenvalue weighted by Gasteiger charge is -2.10. The van der Waals surface area contributed by atoms with E-state index in [2.05, 4.69) is 16.5 Å². The second-order valence-corrected chi connectivity index (χ2v) is 4.67. The van der Waals surface area contributed by atoms with Gasteiger partial charge in [0.25, 0.3) is 0 Å². The number of benzene rings is 1. The first kappa shape index (κ1) is 14.1. The Morgan fingerprint density at radius 1 is 1.40 bits per heavy atom. The monoisotopic (exact) mass is 270 g/mol. The number of anilines is 1. The molecule has 0 amide bonds. The van der Waals surface area contributed by atoms with Crippen LogP contribution in [0.2, 0.25) is 0 Å². The van der Waals surface area contributed by atoms with Gasteiger partial charge in [0.1, 0.15) is 5.82 Å². The van der Waals surface area contributed by atoms with Gasteiger partial charge in [0.05, 0.1) is 30.5 Å². The summed E-state index contributed by atoms with van der Waals surface area (Å²) in [6, 6.07) is 9.63. The molecule has 0 aliphatic rings. The molecule has 1 aromatic heterocycles. The van der Waals surface area contributed by atoms with Crippen LogP contribution in [-0.4, -0.2) is 21.5 Å². The van der Waals surface area contributed by atoms with Gasteiger partial charge in [-0.05, 0) is 31.5 Å². The van der Waals surface area contributed by atoms with Crippen LogP contribution >= 0.6 is 0 Å². The molecule has 2 rings (SSSR count). The van der Waals surface area contributed by atoms with Gasteiger partial charge in [0.15, 0.2) is 0 Å². The maximum atomic E-state index is 9.07. The van der Waals surface area contributed by atoms with Crippen molar-refractivity contribution in [3.8, 4) is 6.07 Å². The number of hydrogen-bond acceptors (Lipinski definition) is 4. The molecule has 0 atom stereocenters. The highest BCUT2D eigenvalue weighted by atomic mass is 16.3. The second kappa shape index (κ2) is 6.22. The number of nitrogens with zero attached hydrogens (tertiary/aromatic N) is 3. The van der Waals surface area contributed by atoms with E-state index in [1.807, 2.05) is 32.0 Å². The molecule has 104 valence electrons. The fraction of sp³-hybridized carbons (Fsp3) is 0.333. The van der Waals surface area contributed by atoms with E-state index in [0.717, 1.165) is 22.6 Å². The fourth-order valence-corrected chi connectivity index (χ4v) is 2.09. The minimum atomic E-state index is 0.0547. The van der Waals surface area contributed by atoms with E-state index in [1.165, 1.54) is 0 Å². The molecule has 0 aliphatic carbocycles. The van der Waals surface area contributed by atoms with Crippen molar-refractivity contribution in [2.75, 3.05) is 11.9 Å². The molecule has 0 spiro atoms. The SMILES string of the molecule is Cc1nn(CCO)c(NCc2cccc(C#N)c2)c1C. The minimum Gasteiger partial charge on any atom is -0.394 e. The van der Waals surface area contributed by atoms with Gasteiger partial charge in [0.2, 0.25) is 0 Å². The van der Waals surface area contributed by atoms with Crippen molar-refractivity contribution in [2.45, 2.75) is 26.9 Å². The summed E-state index contributed by atoms with van der Waals surface area (Å²) in [6.45, 7) is 5.09. The molecule has 1 aromatic carbocycles. The molecule has 2 aromatic rings. The third kappa shape index (κ3) is 2.98. The second-order valence-electron chi connectivity index (χ2n) is 4.67. The van der Waals surface area contributed by atoms with Crippen LogP contribution in [0.1, 0.15) is 22.4 Å². The lowest BCUT2D eigenvalue weighted by atomic mass is 10.1. The van der Waals surface area contributed by atoms with Gasteiger partial charge >= 0.3 is 0 Å². The van der Waals surface area contributed by atoms with Gasteiger partial charge in [-0.2, -0.15) is 10.4 Å². The first-order valence-corrected chi connectivity index (χ1v) is 6.53. The molecule has 0 saturated heterocycles. The zero-order valence-corrected chi connectivity index (χ0v) is 11.7. The Morgan fingerprint density at radius 2 is 2.20 bits per heavy atom. The topological polar surface area (TPSA) is 73.9 Å². The number of nitriles is 1. The summed E-state index contributed by atoms with van der Waals surface area (Å²) in [4.78, 5) is 0. The van der Waals surface area contributed by atoms with Crippen molar-refractivity contribution >= 4 is 5.82 Å². The highest BCUT2D eigenvalue weighted by molar-refractivity contribution is 5.47. The lowest BCUT2D eigenvalue weighted by Crippen LogP contribution is -2.11. The summed E-state index contributed by atoms with van der Waals surface area (Å²) in [5, 5.41) is 25.7. The van der Waals surface area contributed by atoms with E-state index in [1.54, 1.807) is 10.7 Å². The van der Waals surface area contributed by atoms with Crippen LogP contribution in [0, 0.1) is 25.2 Å². The normalized spacial score (nSPS) is 10.3. The van der Waals surface area contributed by atoms with Crippen LogP contribution in [0.5, 0.6) is 0 Å². The fourth-order valence-electron chi connectivity index (χ4n) is 2.09. The van der Waals surface area contributed by atoms with Gasteiger partial charge in [-0.25, -0.2) is 4.68 Å². The first-order chi connectivity index (χ1) is 9.65. The Kier molecular flexibility index (Phi) is 4.38. The highest BCUT2D eigenvalue weighted by Crippen LogP contribution is 2.19. The smallest absolute Gasteiger partial charge is 0.127 e. The molecule has 0 bridgehead atoms. The van der Waals surface area contributed by atoms with Gasteiger partial charge in [0, 0.05) is 12.1 Å². The standard InChI is InChI=1S/C15H18N4O/c1-11-12(2)18-19(6-7-20)15(11)17-10-14-5-3-4-13(8-14)9-16/h3-5,8,17,20H,6-7,10H2,1-2H3. The summed E-state index contributed by atoms with van der Waals surface area (Å²) in [5.74, 6) is 0.916. The van der Waals surface area contributed by atoms with Crippen LogP contribution in [0.4, 0.5) is 5.82 Å². The zero-order chi connectivity index (χ0) is 14.5. The third-order valence-corrected chi connectivity index (χ3v) is 3.25. The van der Waals surface area contributed by atoms with Gasteiger partial charge in [-0.3, -0.25) is 0 Å². The number of aromatic nitrogens is 2. The quantitative estimate of drug-likeness (QED) is 0.871. The van der Waals surface area contributed by atoms with E-state index >= 15 is 0 Å².